The molecular formula is C22H22ClF3N4O2. The quantitative estimate of drug-likeness (QED) is 0.551. The van der Waals surface area contributed by atoms with Crippen molar-refractivity contribution >= 4 is 17.5 Å². The fourth-order valence-electron chi connectivity index (χ4n) is 3.37. The van der Waals surface area contributed by atoms with Crippen molar-refractivity contribution in [3.05, 3.63) is 86.0 Å². The maximum atomic E-state index is 13.0. The van der Waals surface area contributed by atoms with Gasteiger partial charge in [0.25, 0.3) is 5.56 Å². The molecule has 0 fully saturated rings. The zero-order valence-corrected chi connectivity index (χ0v) is 18.5. The number of nitrogens with zero attached hydrogens (tertiary/aromatic N) is 4. The molecule has 0 unspecified atom stereocenters. The van der Waals surface area contributed by atoms with Crippen LogP contribution in [0.2, 0.25) is 5.02 Å². The van der Waals surface area contributed by atoms with E-state index in [0.717, 1.165) is 33.1 Å². The van der Waals surface area contributed by atoms with Gasteiger partial charge in [0, 0.05) is 36.1 Å². The Balaban J connectivity index is 1.76. The molecule has 1 amide bonds. The lowest BCUT2D eigenvalue weighted by Crippen LogP contribution is -2.35. The molecule has 0 aliphatic rings. The first-order chi connectivity index (χ1) is 15.0. The van der Waals surface area contributed by atoms with Crippen molar-refractivity contribution in [2.45, 2.75) is 39.7 Å². The molecule has 0 N–H and O–H groups in total. The molecule has 3 rings (SSSR count). The van der Waals surface area contributed by atoms with Crippen LogP contribution < -0.4 is 5.56 Å². The number of alkyl halides is 3. The average Bonchev–Trinajstić information content (AvgIpc) is 2.97. The second-order valence-electron chi connectivity index (χ2n) is 7.50. The van der Waals surface area contributed by atoms with Gasteiger partial charge in [-0.3, -0.25) is 14.3 Å². The SMILES string of the molecule is Cc1nn(Cc2ccccc2Cl)c(C)c1CN(C)C(=O)Cn1cccc(C(F)(F)F)c1=O. The normalized spacial score (nSPS) is 11.6. The molecule has 0 radical (unpaired) electrons. The van der Waals surface area contributed by atoms with Gasteiger partial charge in [0.05, 0.1) is 12.2 Å². The first-order valence-electron chi connectivity index (χ1n) is 9.76. The third-order valence-electron chi connectivity index (χ3n) is 5.26. The van der Waals surface area contributed by atoms with E-state index in [1.165, 1.54) is 18.1 Å². The van der Waals surface area contributed by atoms with Crippen LogP contribution in [0.4, 0.5) is 13.2 Å². The molecule has 170 valence electrons. The maximum Gasteiger partial charge on any atom is 0.421 e. The number of likely N-dealkylation sites (N-methyl/N-ethyl adjacent to an activating group) is 1. The average molecular weight is 467 g/mol. The highest BCUT2D eigenvalue weighted by atomic mass is 35.5. The standard InChI is InChI=1S/C22H22ClF3N4O2/c1-14-17(15(2)30(27-14)11-16-7-4-5-9-19(16)23)12-28(3)20(31)13-29-10-6-8-18(21(29)32)22(24,25)26/h4-10H,11-13H2,1-3H3. The predicted molar refractivity (Wildman–Crippen MR) is 114 cm³/mol. The first-order valence-corrected chi connectivity index (χ1v) is 10.1. The summed E-state index contributed by atoms with van der Waals surface area (Å²) < 4.78 is 41.4. The number of pyridine rings is 1. The van der Waals surface area contributed by atoms with Gasteiger partial charge in [0.2, 0.25) is 5.91 Å². The highest BCUT2D eigenvalue weighted by Crippen LogP contribution is 2.26. The fraction of sp³-hybridized carbons (Fsp3) is 0.318. The number of halogens is 4. The van der Waals surface area contributed by atoms with Crippen LogP contribution >= 0.6 is 11.6 Å². The number of benzene rings is 1. The summed E-state index contributed by atoms with van der Waals surface area (Å²) in [6.07, 6.45) is -3.61. The highest BCUT2D eigenvalue weighted by molar-refractivity contribution is 6.31. The van der Waals surface area contributed by atoms with Crippen molar-refractivity contribution in [1.29, 1.82) is 0 Å². The van der Waals surface area contributed by atoms with E-state index < -0.39 is 29.8 Å². The van der Waals surface area contributed by atoms with Crippen molar-refractivity contribution in [3.8, 4) is 0 Å². The van der Waals surface area contributed by atoms with E-state index >= 15 is 0 Å². The van der Waals surface area contributed by atoms with Crippen LogP contribution in [0.3, 0.4) is 0 Å². The molecule has 0 saturated carbocycles. The summed E-state index contributed by atoms with van der Waals surface area (Å²) in [6.45, 7) is 3.87. The lowest BCUT2D eigenvalue weighted by atomic mass is 10.1. The first kappa shape index (κ1) is 23.6. The zero-order valence-electron chi connectivity index (χ0n) is 17.8. The van der Waals surface area contributed by atoms with E-state index in [1.807, 2.05) is 32.0 Å². The van der Waals surface area contributed by atoms with Gasteiger partial charge in [0.15, 0.2) is 0 Å². The molecule has 0 atom stereocenters. The second kappa shape index (κ2) is 9.20. The minimum absolute atomic E-state index is 0.201. The molecule has 3 aromatic rings. The number of hydrogen-bond acceptors (Lipinski definition) is 3. The van der Waals surface area contributed by atoms with Crippen LogP contribution in [0.15, 0.2) is 47.4 Å². The number of carbonyl (C=O) groups is 1. The van der Waals surface area contributed by atoms with Crippen LogP contribution in [0.25, 0.3) is 0 Å². The molecule has 6 nitrogen and oxygen atoms in total. The predicted octanol–water partition coefficient (Wildman–Crippen LogP) is 4.04. The lowest BCUT2D eigenvalue weighted by molar-refractivity contribution is -0.139. The summed E-state index contributed by atoms with van der Waals surface area (Å²) in [5, 5.41) is 5.16. The Hall–Kier alpha value is -3.07. The Labute approximate surface area is 187 Å². The number of aromatic nitrogens is 3. The summed E-state index contributed by atoms with van der Waals surface area (Å²) in [4.78, 5) is 26.1. The molecular weight excluding hydrogens is 445 g/mol. The Morgan fingerprint density at radius 1 is 1.16 bits per heavy atom. The topological polar surface area (TPSA) is 60.1 Å². The Bertz CT molecular complexity index is 1200. The maximum absolute atomic E-state index is 13.0. The Kier molecular flexibility index (Phi) is 6.78. The Morgan fingerprint density at radius 2 is 1.84 bits per heavy atom. The second-order valence-corrected chi connectivity index (χ2v) is 7.91. The fourth-order valence-corrected chi connectivity index (χ4v) is 3.57. The monoisotopic (exact) mass is 466 g/mol. The summed E-state index contributed by atoms with van der Waals surface area (Å²) >= 11 is 6.24. The highest BCUT2D eigenvalue weighted by Gasteiger charge is 2.34. The van der Waals surface area contributed by atoms with Crippen molar-refractivity contribution in [2.24, 2.45) is 0 Å². The smallest absolute Gasteiger partial charge is 0.340 e. The molecule has 0 bridgehead atoms. The molecule has 0 aliphatic heterocycles. The molecule has 0 aliphatic carbocycles. The van der Waals surface area contributed by atoms with Gasteiger partial charge in [-0.05, 0) is 37.6 Å². The molecule has 0 saturated heterocycles. The van der Waals surface area contributed by atoms with Gasteiger partial charge in [-0.15, -0.1) is 0 Å². The third kappa shape index (κ3) is 5.04. The van der Waals surface area contributed by atoms with E-state index in [4.69, 9.17) is 11.6 Å². The van der Waals surface area contributed by atoms with Gasteiger partial charge in [0.1, 0.15) is 12.1 Å². The van der Waals surface area contributed by atoms with Gasteiger partial charge in [-0.1, -0.05) is 29.8 Å². The van der Waals surface area contributed by atoms with Crippen molar-refractivity contribution in [1.82, 2.24) is 19.2 Å². The van der Waals surface area contributed by atoms with E-state index in [1.54, 1.807) is 10.7 Å². The minimum atomic E-state index is -4.78. The van der Waals surface area contributed by atoms with Crippen LogP contribution in [0.5, 0.6) is 0 Å². The van der Waals surface area contributed by atoms with E-state index in [0.29, 0.717) is 17.6 Å². The number of hydrogen-bond donors (Lipinski definition) is 0. The van der Waals surface area contributed by atoms with E-state index in [2.05, 4.69) is 5.10 Å². The summed E-state index contributed by atoms with van der Waals surface area (Å²) in [5.41, 5.74) is 0.748. The number of aryl methyl sites for hydroxylation is 1. The molecule has 1 aromatic carbocycles. The van der Waals surface area contributed by atoms with Crippen LogP contribution in [0.1, 0.15) is 28.1 Å². The van der Waals surface area contributed by atoms with Gasteiger partial charge in [-0.2, -0.15) is 18.3 Å². The molecule has 32 heavy (non-hydrogen) atoms. The van der Waals surface area contributed by atoms with Gasteiger partial charge < -0.3 is 9.47 Å². The molecule has 0 spiro atoms. The van der Waals surface area contributed by atoms with Crippen LogP contribution in [-0.4, -0.2) is 32.2 Å². The van der Waals surface area contributed by atoms with Gasteiger partial charge in [-0.25, -0.2) is 0 Å². The molecule has 10 heteroatoms. The summed E-state index contributed by atoms with van der Waals surface area (Å²) in [7, 11) is 1.53. The van der Waals surface area contributed by atoms with Crippen molar-refractivity contribution in [2.75, 3.05) is 7.05 Å². The minimum Gasteiger partial charge on any atom is -0.340 e. The summed E-state index contributed by atoms with van der Waals surface area (Å²) in [6, 6.07) is 9.23. The van der Waals surface area contributed by atoms with Crippen molar-refractivity contribution in [3.63, 3.8) is 0 Å². The third-order valence-corrected chi connectivity index (χ3v) is 5.63. The van der Waals surface area contributed by atoms with Crippen LogP contribution in [0, 0.1) is 13.8 Å². The van der Waals surface area contributed by atoms with E-state index in [-0.39, 0.29) is 6.54 Å². The zero-order chi connectivity index (χ0) is 23.6. The largest absolute Gasteiger partial charge is 0.421 e. The van der Waals surface area contributed by atoms with Crippen LogP contribution in [-0.2, 0) is 30.6 Å². The number of amides is 1. The van der Waals surface area contributed by atoms with Gasteiger partial charge >= 0.3 is 6.18 Å². The van der Waals surface area contributed by atoms with E-state index in [9.17, 15) is 22.8 Å². The summed E-state index contributed by atoms with van der Waals surface area (Å²) in [5.74, 6) is -0.496. The Morgan fingerprint density at radius 3 is 2.50 bits per heavy atom. The number of rotatable bonds is 6. The lowest BCUT2D eigenvalue weighted by Gasteiger charge is -2.19. The number of carbonyl (C=O) groups excluding carboxylic acids is 1. The van der Waals surface area contributed by atoms with Crippen molar-refractivity contribution < 1.29 is 18.0 Å². The molecule has 2 heterocycles. The molecule has 2 aromatic heterocycles.